The molecular formula is C28H22N4. The van der Waals surface area contributed by atoms with Crippen LogP contribution in [-0.2, 0) is 13.0 Å². The zero-order valence-corrected chi connectivity index (χ0v) is 17.6. The van der Waals surface area contributed by atoms with Crippen LogP contribution in [0, 0.1) is 22.7 Å². The molecule has 32 heavy (non-hydrogen) atoms. The van der Waals surface area contributed by atoms with Gasteiger partial charge in [-0.2, -0.15) is 10.5 Å². The van der Waals surface area contributed by atoms with Crippen molar-refractivity contribution >= 4 is 5.57 Å². The maximum absolute atomic E-state index is 9.12. The first-order valence-electron chi connectivity index (χ1n) is 10.5. The van der Waals surface area contributed by atoms with E-state index in [1.54, 1.807) is 0 Å². The smallest absolute Gasteiger partial charge is 0.0991 e. The molecule has 0 atom stereocenters. The lowest BCUT2D eigenvalue weighted by Crippen LogP contribution is -2.03. The molecule has 0 amide bonds. The van der Waals surface area contributed by atoms with Gasteiger partial charge in [-0.1, -0.05) is 60.7 Å². The average molecular weight is 415 g/mol. The summed E-state index contributed by atoms with van der Waals surface area (Å²) in [6, 6.07) is 30.0. The van der Waals surface area contributed by atoms with Crippen molar-refractivity contribution in [3.63, 3.8) is 0 Å². The van der Waals surface area contributed by atoms with Gasteiger partial charge >= 0.3 is 0 Å². The Hall–Kier alpha value is -4.41. The van der Waals surface area contributed by atoms with Crippen LogP contribution < -0.4 is 0 Å². The molecule has 3 aromatic carbocycles. The van der Waals surface area contributed by atoms with Crippen LogP contribution in [0.15, 0.2) is 97.5 Å². The van der Waals surface area contributed by atoms with Gasteiger partial charge in [-0.3, -0.25) is 0 Å². The van der Waals surface area contributed by atoms with Crippen LogP contribution in [0.3, 0.4) is 0 Å². The molecule has 0 spiro atoms. The Kier molecular flexibility index (Phi) is 6.56. The van der Waals surface area contributed by atoms with E-state index in [0.717, 1.165) is 36.1 Å². The summed E-state index contributed by atoms with van der Waals surface area (Å²) in [6.07, 6.45) is 7.75. The Morgan fingerprint density at radius 1 is 0.812 bits per heavy atom. The van der Waals surface area contributed by atoms with E-state index in [0.29, 0.717) is 11.1 Å². The highest BCUT2D eigenvalue weighted by atomic mass is 15.0. The predicted octanol–water partition coefficient (Wildman–Crippen LogP) is 5.74. The summed E-state index contributed by atoms with van der Waals surface area (Å²) in [7, 11) is 0. The summed E-state index contributed by atoms with van der Waals surface area (Å²) in [5.41, 5.74) is 6.89. The lowest BCUT2D eigenvalue weighted by Gasteiger charge is -2.11. The summed E-state index contributed by atoms with van der Waals surface area (Å²) >= 11 is 0. The summed E-state index contributed by atoms with van der Waals surface area (Å²) in [6.45, 7) is 0.804. The van der Waals surface area contributed by atoms with Crippen molar-refractivity contribution in [3.8, 4) is 12.1 Å². The first-order chi connectivity index (χ1) is 15.8. The van der Waals surface area contributed by atoms with Crippen LogP contribution in [0.25, 0.3) is 5.57 Å². The molecule has 1 heterocycles. The van der Waals surface area contributed by atoms with Gasteiger partial charge in [0.1, 0.15) is 0 Å². The van der Waals surface area contributed by atoms with Gasteiger partial charge in [-0.15, -0.1) is 0 Å². The number of hydrogen-bond donors (Lipinski definition) is 0. The summed E-state index contributed by atoms with van der Waals surface area (Å²) in [5, 5.41) is 18.2. The minimum atomic E-state index is 0.637. The molecule has 0 aliphatic rings. The molecule has 0 saturated heterocycles. The third-order valence-corrected chi connectivity index (χ3v) is 5.39. The number of rotatable bonds is 7. The maximum atomic E-state index is 9.12. The highest BCUT2D eigenvalue weighted by Crippen LogP contribution is 2.25. The summed E-state index contributed by atoms with van der Waals surface area (Å²) in [4.78, 5) is 4.35. The van der Waals surface area contributed by atoms with E-state index >= 15 is 0 Å². The Morgan fingerprint density at radius 2 is 1.41 bits per heavy atom. The van der Waals surface area contributed by atoms with Crippen molar-refractivity contribution in [2.75, 3.05) is 0 Å². The van der Waals surface area contributed by atoms with Gasteiger partial charge in [-0.05, 0) is 59.4 Å². The van der Waals surface area contributed by atoms with E-state index in [1.807, 2.05) is 67.1 Å². The Balaban J connectivity index is 1.57. The zero-order chi connectivity index (χ0) is 22.2. The molecule has 0 aliphatic carbocycles. The minimum Gasteiger partial charge on any atom is -0.330 e. The Morgan fingerprint density at radius 3 is 1.97 bits per heavy atom. The van der Waals surface area contributed by atoms with E-state index in [2.05, 4.69) is 52.0 Å². The zero-order valence-electron chi connectivity index (χ0n) is 17.6. The van der Waals surface area contributed by atoms with Gasteiger partial charge in [0, 0.05) is 18.4 Å². The van der Waals surface area contributed by atoms with E-state index in [1.165, 1.54) is 11.3 Å². The molecule has 154 valence electrons. The fraction of sp³-hybridized carbons (Fsp3) is 0.107. The molecule has 4 nitrogen and oxygen atoms in total. The monoisotopic (exact) mass is 414 g/mol. The molecule has 4 rings (SSSR count). The first kappa shape index (κ1) is 20.8. The van der Waals surface area contributed by atoms with Crippen LogP contribution in [0.2, 0.25) is 0 Å². The summed E-state index contributed by atoms with van der Waals surface area (Å²) in [5.74, 6) is 0. The fourth-order valence-corrected chi connectivity index (χ4v) is 3.69. The lowest BCUT2D eigenvalue weighted by molar-refractivity contribution is 0.734. The molecule has 4 aromatic rings. The van der Waals surface area contributed by atoms with Gasteiger partial charge in [-0.25, -0.2) is 4.98 Å². The quantitative estimate of drug-likeness (QED) is 0.387. The van der Waals surface area contributed by atoms with Crippen molar-refractivity contribution in [1.82, 2.24) is 9.55 Å². The third kappa shape index (κ3) is 5.01. The number of nitriles is 2. The number of imidazole rings is 1. The minimum absolute atomic E-state index is 0.637. The van der Waals surface area contributed by atoms with Gasteiger partial charge < -0.3 is 4.57 Å². The molecule has 0 aliphatic heterocycles. The molecule has 1 aromatic heterocycles. The van der Waals surface area contributed by atoms with Crippen molar-refractivity contribution < 1.29 is 0 Å². The number of hydrogen-bond acceptors (Lipinski definition) is 3. The van der Waals surface area contributed by atoms with E-state index < -0.39 is 0 Å². The molecular weight excluding hydrogens is 392 g/mol. The maximum Gasteiger partial charge on any atom is 0.0991 e. The van der Waals surface area contributed by atoms with Crippen LogP contribution >= 0.6 is 0 Å². The number of aromatic nitrogens is 2. The van der Waals surface area contributed by atoms with E-state index in [4.69, 9.17) is 10.5 Å². The van der Waals surface area contributed by atoms with Gasteiger partial charge in [0.15, 0.2) is 0 Å². The standard InChI is InChI=1S/C28H22N4/c29-17-22-9-13-25(14-10-22)28(26-15-11-23(18-30)12-16-26)8-4-7-27-19-31-21-32(27)20-24-5-2-1-3-6-24/h1-3,5-6,8-16,19,21H,4,7,20H2. The third-order valence-electron chi connectivity index (χ3n) is 5.39. The molecule has 4 heteroatoms. The Labute approximate surface area is 188 Å². The SMILES string of the molecule is N#Cc1ccc(C(=CCCc2cncn2Cc2ccccc2)c2ccc(C#N)cc2)cc1. The lowest BCUT2D eigenvalue weighted by atomic mass is 9.95. The topological polar surface area (TPSA) is 65.4 Å². The summed E-state index contributed by atoms with van der Waals surface area (Å²) < 4.78 is 2.19. The normalized spacial score (nSPS) is 10.2. The fourth-order valence-electron chi connectivity index (χ4n) is 3.69. The van der Waals surface area contributed by atoms with Gasteiger partial charge in [0.2, 0.25) is 0 Å². The largest absolute Gasteiger partial charge is 0.330 e. The highest BCUT2D eigenvalue weighted by molar-refractivity contribution is 5.80. The average Bonchev–Trinajstić information content (AvgIpc) is 3.29. The number of allylic oxidation sites excluding steroid dienone is 1. The molecule has 0 bridgehead atoms. The molecule has 0 N–H and O–H groups in total. The van der Waals surface area contributed by atoms with Crippen LogP contribution in [0.5, 0.6) is 0 Å². The van der Waals surface area contributed by atoms with Crippen LogP contribution in [0.1, 0.15) is 39.9 Å². The number of benzene rings is 3. The second-order valence-electron chi connectivity index (χ2n) is 7.53. The highest BCUT2D eigenvalue weighted by Gasteiger charge is 2.07. The van der Waals surface area contributed by atoms with Crippen LogP contribution in [0.4, 0.5) is 0 Å². The van der Waals surface area contributed by atoms with Gasteiger partial charge in [0.25, 0.3) is 0 Å². The van der Waals surface area contributed by atoms with Crippen LogP contribution in [-0.4, -0.2) is 9.55 Å². The van der Waals surface area contributed by atoms with Crippen molar-refractivity contribution in [1.29, 1.82) is 10.5 Å². The molecule has 0 fully saturated rings. The predicted molar refractivity (Wildman–Crippen MR) is 125 cm³/mol. The van der Waals surface area contributed by atoms with Crippen molar-refractivity contribution in [2.24, 2.45) is 0 Å². The first-order valence-corrected chi connectivity index (χ1v) is 10.5. The second kappa shape index (κ2) is 10.1. The molecule has 0 radical (unpaired) electrons. The number of aryl methyl sites for hydroxylation is 1. The second-order valence-corrected chi connectivity index (χ2v) is 7.53. The number of nitrogens with zero attached hydrogens (tertiary/aromatic N) is 4. The van der Waals surface area contributed by atoms with E-state index in [9.17, 15) is 0 Å². The Bertz CT molecular complexity index is 1220. The van der Waals surface area contributed by atoms with E-state index in [-0.39, 0.29) is 0 Å². The van der Waals surface area contributed by atoms with Crippen molar-refractivity contribution in [3.05, 3.63) is 131 Å². The molecule has 0 unspecified atom stereocenters. The van der Waals surface area contributed by atoms with Crippen molar-refractivity contribution in [2.45, 2.75) is 19.4 Å². The molecule has 0 saturated carbocycles. The van der Waals surface area contributed by atoms with Gasteiger partial charge in [0.05, 0.1) is 29.6 Å².